The van der Waals surface area contributed by atoms with Gasteiger partial charge in [-0.1, -0.05) is 6.07 Å². The van der Waals surface area contributed by atoms with Crippen LogP contribution < -0.4 is 10.2 Å². The Kier molecular flexibility index (Phi) is 5.20. The Morgan fingerprint density at radius 3 is 2.62 bits per heavy atom. The van der Waals surface area contributed by atoms with Crippen molar-refractivity contribution in [1.82, 2.24) is 25.2 Å². The molecule has 0 unspecified atom stereocenters. The Morgan fingerprint density at radius 1 is 1.12 bits per heavy atom. The molecule has 7 nitrogen and oxygen atoms in total. The SMILES string of the molecule is CN=C(NCc1ccnc(C)n1)N1CCN(c2ccccn2)CC1. The number of nitrogens with zero attached hydrogens (tertiary/aromatic N) is 6. The van der Waals surface area contributed by atoms with Crippen molar-refractivity contribution in [3.63, 3.8) is 0 Å². The number of rotatable bonds is 3. The maximum atomic E-state index is 4.42. The minimum Gasteiger partial charge on any atom is -0.353 e. The van der Waals surface area contributed by atoms with Crippen LogP contribution in [-0.4, -0.2) is 59.0 Å². The number of hydrogen-bond acceptors (Lipinski definition) is 5. The molecular weight excluding hydrogens is 302 g/mol. The number of anilines is 1. The third-order valence-corrected chi connectivity index (χ3v) is 4.03. The summed E-state index contributed by atoms with van der Waals surface area (Å²) in [6.45, 7) is 6.25. The summed E-state index contributed by atoms with van der Waals surface area (Å²) in [4.78, 5) is 21.9. The smallest absolute Gasteiger partial charge is 0.194 e. The van der Waals surface area contributed by atoms with Gasteiger partial charge in [0.15, 0.2) is 5.96 Å². The molecule has 2 aromatic rings. The van der Waals surface area contributed by atoms with Crippen LogP contribution in [0.2, 0.25) is 0 Å². The van der Waals surface area contributed by atoms with E-state index in [9.17, 15) is 0 Å². The Hall–Kier alpha value is -2.70. The summed E-state index contributed by atoms with van der Waals surface area (Å²) in [6, 6.07) is 7.95. The van der Waals surface area contributed by atoms with Gasteiger partial charge >= 0.3 is 0 Å². The van der Waals surface area contributed by atoms with Crippen molar-refractivity contribution in [3.05, 3.63) is 48.2 Å². The summed E-state index contributed by atoms with van der Waals surface area (Å²) in [5.74, 6) is 2.73. The zero-order valence-corrected chi connectivity index (χ0v) is 14.2. The van der Waals surface area contributed by atoms with Crippen molar-refractivity contribution in [3.8, 4) is 0 Å². The predicted octanol–water partition coefficient (Wildman–Crippen LogP) is 1.08. The molecule has 1 fully saturated rings. The van der Waals surface area contributed by atoms with Crippen molar-refractivity contribution in [2.75, 3.05) is 38.1 Å². The molecule has 0 bridgehead atoms. The van der Waals surface area contributed by atoms with Gasteiger partial charge in [-0.15, -0.1) is 0 Å². The maximum absolute atomic E-state index is 4.42. The monoisotopic (exact) mass is 325 g/mol. The largest absolute Gasteiger partial charge is 0.353 e. The standard InChI is InChI=1S/C17H23N7/c1-14-19-8-6-15(22-14)13-21-17(18-2)24-11-9-23(10-12-24)16-5-3-4-7-20-16/h3-8H,9-13H2,1-2H3,(H,18,21). The van der Waals surface area contributed by atoms with Gasteiger partial charge in [-0.3, -0.25) is 4.99 Å². The molecule has 1 aliphatic heterocycles. The van der Waals surface area contributed by atoms with Crippen molar-refractivity contribution in [2.45, 2.75) is 13.5 Å². The number of pyridine rings is 1. The van der Waals surface area contributed by atoms with Crippen molar-refractivity contribution >= 4 is 11.8 Å². The average molecular weight is 325 g/mol. The second-order valence-electron chi connectivity index (χ2n) is 5.66. The summed E-state index contributed by atoms with van der Waals surface area (Å²) in [7, 11) is 1.82. The van der Waals surface area contributed by atoms with Gasteiger partial charge < -0.3 is 15.1 Å². The van der Waals surface area contributed by atoms with Gasteiger partial charge in [0.1, 0.15) is 11.6 Å². The van der Waals surface area contributed by atoms with Gasteiger partial charge in [0.05, 0.1) is 12.2 Å². The first-order valence-electron chi connectivity index (χ1n) is 8.16. The van der Waals surface area contributed by atoms with E-state index in [4.69, 9.17) is 0 Å². The van der Waals surface area contributed by atoms with E-state index >= 15 is 0 Å². The van der Waals surface area contributed by atoms with E-state index in [0.717, 1.165) is 49.5 Å². The molecule has 24 heavy (non-hydrogen) atoms. The fourth-order valence-corrected chi connectivity index (χ4v) is 2.79. The number of hydrogen-bond donors (Lipinski definition) is 1. The lowest BCUT2D eigenvalue weighted by Gasteiger charge is -2.37. The fourth-order valence-electron chi connectivity index (χ4n) is 2.79. The summed E-state index contributed by atoms with van der Waals surface area (Å²) in [5.41, 5.74) is 0.968. The highest BCUT2D eigenvalue weighted by molar-refractivity contribution is 5.80. The molecule has 0 atom stereocenters. The maximum Gasteiger partial charge on any atom is 0.194 e. The molecule has 7 heteroatoms. The molecule has 0 amide bonds. The number of piperazine rings is 1. The number of aliphatic imine (C=N–C) groups is 1. The first kappa shape index (κ1) is 16.2. The molecule has 3 rings (SSSR count). The van der Waals surface area contributed by atoms with E-state index in [-0.39, 0.29) is 0 Å². The topological polar surface area (TPSA) is 69.5 Å². The van der Waals surface area contributed by atoms with E-state index in [1.54, 1.807) is 6.20 Å². The van der Waals surface area contributed by atoms with Crippen molar-refractivity contribution < 1.29 is 0 Å². The highest BCUT2D eigenvalue weighted by Crippen LogP contribution is 2.12. The molecule has 2 aromatic heterocycles. The molecule has 1 aliphatic rings. The van der Waals surface area contributed by atoms with Crippen LogP contribution in [0.25, 0.3) is 0 Å². The molecule has 0 radical (unpaired) electrons. The van der Waals surface area contributed by atoms with Crippen LogP contribution in [0.4, 0.5) is 5.82 Å². The highest BCUT2D eigenvalue weighted by atomic mass is 15.4. The van der Waals surface area contributed by atoms with Crippen molar-refractivity contribution in [1.29, 1.82) is 0 Å². The summed E-state index contributed by atoms with van der Waals surface area (Å²) in [5, 5.41) is 3.39. The molecule has 126 valence electrons. The number of aromatic nitrogens is 3. The summed E-state index contributed by atoms with van der Waals surface area (Å²) in [6.07, 6.45) is 3.62. The van der Waals surface area contributed by atoms with Crippen LogP contribution in [0, 0.1) is 6.92 Å². The third-order valence-electron chi connectivity index (χ3n) is 4.03. The van der Waals surface area contributed by atoms with Crippen LogP contribution in [0.15, 0.2) is 41.7 Å². The second-order valence-corrected chi connectivity index (χ2v) is 5.66. The molecule has 3 heterocycles. The summed E-state index contributed by atoms with van der Waals surface area (Å²) >= 11 is 0. The van der Waals surface area contributed by atoms with Gasteiger partial charge in [-0.25, -0.2) is 15.0 Å². The quantitative estimate of drug-likeness (QED) is 0.673. The van der Waals surface area contributed by atoms with Crippen LogP contribution in [-0.2, 0) is 6.54 Å². The lowest BCUT2D eigenvalue weighted by Crippen LogP contribution is -2.52. The van der Waals surface area contributed by atoms with Crippen LogP contribution in [0.3, 0.4) is 0 Å². The Bertz CT molecular complexity index is 678. The van der Waals surface area contributed by atoms with E-state index in [0.29, 0.717) is 6.54 Å². The van der Waals surface area contributed by atoms with Gasteiger partial charge in [0, 0.05) is 45.6 Å². The van der Waals surface area contributed by atoms with E-state index < -0.39 is 0 Å². The first-order valence-corrected chi connectivity index (χ1v) is 8.16. The molecular formula is C17H23N7. The van der Waals surface area contributed by atoms with Gasteiger partial charge in [0.2, 0.25) is 0 Å². The Labute approximate surface area is 142 Å². The molecule has 0 spiro atoms. The zero-order valence-electron chi connectivity index (χ0n) is 14.2. The lowest BCUT2D eigenvalue weighted by molar-refractivity contribution is 0.371. The third kappa shape index (κ3) is 3.98. The first-order chi connectivity index (χ1) is 11.8. The van der Waals surface area contributed by atoms with Gasteiger partial charge in [0.25, 0.3) is 0 Å². The van der Waals surface area contributed by atoms with Gasteiger partial charge in [-0.2, -0.15) is 0 Å². The minimum atomic E-state index is 0.649. The van der Waals surface area contributed by atoms with Gasteiger partial charge in [-0.05, 0) is 25.1 Å². The number of nitrogens with one attached hydrogen (secondary N) is 1. The number of aryl methyl sites for hydroxylation is 1. The van der Waals surface area contributed by atoms with E-state index in [2.05, 4.69) is 41.1 Å². The summed E-state index contributed by atoms with van der Waals surface area (Å²) < 4.78 is 0. The van der Waals surface area contributed by atoms with Crippen LogP contribution in [0.5, 0.6) is 0 Å². The normalized spacial score (nSPS) is 15.5. The highest BCUT2D eigenvalue weighted by Gasteiger charge is 2.20. The average Bonchev–Trinajstić information content (AvgIpc) is 2.64. The Balaban J connectivity index is 1.54. The fraction of sp³-hybridized carbons (Fsp3) is 0.412. The van der Waals surface area contributed by atoms with Crippen molar-refractivity contribution in [2.24, 2.45) is 4.99 Å². The van der Waals surface area contributed by atoms with E-state index in [1.165, 1.54) is 0 Å². The minimum absolute atomic E-state index is 0.649. The second kappa shape index (κ2) is 7.72. The van der Waals surface area contributed by atoms with Crippen LogP contribution >= 0.6 is 0 Å². The molecule has 0 aliphatic carbocycles. The predicted molar refractivity (Wildman–Crippen MR) is 95.0 cm³/mol. The zero-order chi connectivity index (χ0) is 16.8. The van der Waals surface area contributed by atoms with E-state index in [1.807, 2.05) is 38.4 Å². The van der Waals surface area contributed by atoms with Crippen LogP contribution in [0.1, 0.15) is 11.5 Å². The molecule has 1 saturated heterocycles. The molecule has 1 N–H and O–H groups in total. The molecule has 0 saturated carbocycles. The Morgan fingerprint density at radius 2 is 1.96 bits per heavy atom. The lowest BCUT2D eigenvalue weighted by atomic mass is 10.3. The molecule has 0 aromatic carbocycles. The number of guanidine groups is 1.